The van der Waals surface area contributed by atoms with E-state index in [4.69, 9.17) is 14.2 Å². The van der Waals surface area contributed by atoms with E-state index in [1.165, 1.54) is 0 Å². The summed E-state index contributed by atoms with van der Waals surface area (Å²) >= 11 is 0. The molecule has 1 aromatic carbocycles. The molecule has 1 aliphatic rings. The lowest BCUT2D eigenvalue weighted by molar-refractivity contribution is -0.309. The SMILES string of the molecule is CC/C=C/C(OC(=O)NC(C)(C)C)OC1(c2ccccc2)CCCCO1. The van der Waals surface area contributed by atoms with Gasteiger partial charge in [-0.2, -0.15) is 0 Å². The van der Waals surface area contributed by atoms with Crippen molar-refractivity contribution >= 4 is 6.09 Å². The number of hydrogen-bond donors (Lipinski definition) is 1. The van der Waals surface area contributed by atoms with Crippen LogP contribution < -0.4 is 5.32 Å². The molecule has 144 valence electrons. The molecule has 1 saturated heterocycles. The molecule has 1 heterocycles. The zero-order chi connectivity index (χ0) is 19.0. The molecule has 5 heteroatoms. The van der Waals surface area contributed by atoms with Gasteiger partial charge in [-0.1, -0.05) is 43.3 Å². The van der Waals surface area contributed by atoms with E-state index >= 15 is 0 Å². The van der Waals surface area contributed by atoms with Gasteiger partial charge in [-0.05, 0) is 46.1 Å². The highest BCUT2D eigenvalue weighted by atomic mass is 16.8. The molecule has 1 N–H and O–H groups in total. The van der Waals surface area contributed by atoms with Crippen molar-refractivity contribution in [3.8, 4) is 0 Å². The third-order valence-electron chi connectivity index (χ3n) is 3.98. The molecule has 1 aromatic rings. The number of alkyl carbamates (subject to hydrolysis) is 1. The summed E-state index contributed by atoms with van der Waals surface area (Å²) in [4.78, 5) is 12.2. The van der Waals surface area contributed by atoms with E-state index in [0.717, 1.165) is 31.2 Å². The highest BCUT2D eigenvalue weighted by Crippen LogP contribution is 2.37. The molecular weight excluding hydrogens is 330 g/mol. The number of rotatable bonds is 6. The van der Waals surface area contributed by atoms with Crippen LogP contribution in [0.25, 0.3) is 0 Å². The molecule has 2 unspecified atom stereocenters. The van der Waals surface area contributed by atoms with Gasteiger partial charge < -0.3 is 19.5 Å². The maximum atomic E-state index is 12.2. The van der Waals surface area contributed by atoms with Gasteiger partial charge in [-0.15, -0.1) is 0 Å². The average Bonchev–Trinajstić information content (AvgIpc) is 2.59. The van der Waals surface area contributed by atoms with Gasteiger partial charge >= 0.3 is 6.09 Å². The smallest absolute Gasteiger partial charge is 0.410 e. The van der Waals surface area contributed by atoms with Crippen LogP contribution in [0.2, 0.25) is 0 Å². The van der Waals surface area contributed by atoms with Crippen LogP contribution in [-0.2, 0) is 20.0 Å². The second-order valence-electron chi connectivity index (χ2n) is 7.53. The summed E-state index contributed by atoms with van der Waals surface area (Å²) in [5.41, 5.74) is 0.559. The van der Waals surface area contributed by atoms with Crippen molar-refractivity contribution in [3.05, 3.63) is 48.0 Å². The summed E-state index contributed by atoms with van der Waals surface area (Å²) in [6.45, 7) is 8.35. The topological polar surface area (TPSA) is 56.8 Å². The van der Waals surface area contributed by atoms with Crippen LogP contribution in [0.1, 0.15) is 58.9 Å². The molecular formula is C21H31NO4. The number of ether oxygens (including phenoxy) is 3. The Morgan fingerprint density at radius 1 is 1.31 bits per heavy atom. The average molecular weight is 361 g/mol. The molecule has 2 atom stereocenters. The highest BCUT2D eigenvalue weighted by Gasteiger charge is 2.39. The number of benzene rings is 1. The van der Waals surface area contributed by atoms with Crippen LogP contribution >= 0.6 is 0 Å². The van der Waals surface area contributed by atoms with Crippen LogP contribution in [0.4, 0.5) is 4.79 Å². The number of allylic oxidation sites excluding steroid dienone is 1. The second kappa shape index (κ2) is 9.19. The van der Waals surface area contributed by atoms with Gasteiger partial charge in [-0.3, -0.25) is 0 Å². The van der Waals surface area contributed by atoms with E-state index in [0.29, 0.717) is 6.61 Å². The zero-order valence-electron chi connectivity index (χ0n) is 16.3. The van der Waals surface area contributed by atoms with Crippen molar-refractivity contribution < 1.29 is 19.0 Å². The maximum Gasteiger partial charge on any atom is 0.410 e. The lowest BCUT2D eigenvalue weighted by atomic mass is 9.97. The van der Waals surface area contributed by atoms with Gasteiger partial charge in [0.1, 0.15) is 0 Å². The molecule has 0 spiro atoms. The third-order valence-corrected chi connectivity index (χ3v) is 3.98. The van der Waals surface area contributed by atoms with E-state index in [-0.39, 0.29) is 5.54 Å². The summed E-state index contributed by atoms with van der Waals surface area (Å²) in [6.07, 6.45) is 5.90. The number of nitrogens with one attached hydrogen (secondary N) is 1. The first kappa shape index (κ1) is 20.5. The largest absolute Gasteiger partial charge is 0.416 e. The van der Waals surface area contributed by atoms with Crippen molar-refractivity contribution in [1.82, 2.24) is 5.32 Å². The molecule has 1 amide bonds. The third kappa shape index (κ3) is 6.15. The lowest BCUT2D eigenvalue weighted by Crippen LogP contribution is -2.45. The Morgan fingerprint density at radius 3 is 2.62 bits per heavy atom. The maximum absolute atomic E-state index is 12.2. The van der Waals surface area contributed by atoms with Gasteiger partial charge in [-0.25, -0.2) is 4.79 Å². The second-order valence-corrected chi connectivity index (χ2v) is 7.53. The first-order chi connectivity index (χ1) is 12.3. The van der Waals surface area contributed by atoms with E-state index in [2.05, 4.69) is 5.32 Å². The fraction of sp³-hybridized carbons (Fsp3) is 0.571. The fourth-order valence-corrected chi connectivity index (χ4v) is 2.83. The molecule has 2 rings (SSSR count). The normalized spacial score (nSPS) is 22.2. The molecule has 0 radical (unpaired) electrons. The van der Waals surface area contributed by atoms with Gasteiger partial charge in [0.05, 0.1) is 6.61 Å². The quantitative estimate of drug-likeness (QED) is 0.580. The van der Waals surface area contributed by atoms with Crippen molar-refractivity contribution in [1.29, 1.82) is 0 Å². The van der Waals surface area contributed by atoms with Crippen molar-refractivity contribution in [2.75, 3.05) is 6.61 Å². The van der Waals surface area contributed by atoms with Crippen LogP contribution in [-0.4, -0.2) is 24.5 Å². The number of carbonyl (C=O) groups excluding carboxylic acids is 1. The molecule has 0 aliphatic carbocycles. The molecule has 0 bridgehead atoms. The zero-order valence-corrected chi connectivity index (χ0v) is 16.3. The van der Waals surface area contributed by atoms with Gasteiger partial charge in [0.15, 0.2) is 5.79 Å². The van der Waals surface area contributed by atoms with Crippen molar-refractivity contribution in [3.63, 3.8) is 0 Å². The minimum Gasteiger partial charge on any atom is -0.416 e. The minimum absolute atomic E-state index is 0.380. The van der Waals surface area contributed by atoms with Gasteiger partial charge in [0.2, 0.25) is 6.29 Å². The molecule has 0 saturated carbocycles. The number of hydrogen-bond acceptors (Lipinski definition) is 4. The summed E-state index contributed by atoms with van der Waals surface area (Å²) in [5.74, 6) is -0.899. The van der Waals surface area contributed by atoms with E-state index in [1.54, 1.807) is 6.08 Å². The summed E-state index contributed by atoms with van der Waals surface area (Å²) in [7, 11) is 0. The molecule has 1 aliphatic heterocycles. The van der Waals surface area contributed by atoms with Crippen LogP contribution in [0.15, 0.2) is 42.5 Å². The highest BCUT2D eigenvalue weighted by molar-refractivity contribution is 5.68. The Hall–Kier alpha value is -1.85. The van der Waals surface area contributed by atoms with E-state index in [9.17, 15) is 4.79 Å². The Balaban J connectivity index is 2.20. The monoisotopic (exact) mass is 361 g/mol. The molecule has 5 nitrogen and oxygen atoms in total. The Labute approximate surface area is 156 Å². The lowest BCUT2D eigenvalue weighted by Gasteiger charge is -2.39. The minimum atomic E-state index is -0.899. The van der Waals surface area contributed by atoms with E-state index in [1.807, 2.05) is 64.1 Å². The molecule has 0 aromatic heterocycles. The van der Waals surface area contributed by atoms with Gasteiger partial charge in [0.25, 0.3) is 0 Å². The first-order valence-corrected chi connectivity index (χ1v) is 9.37. The van der Waals surface area contributed by atoms with Crippen LogP contribution in [0.3, 0.4) is 0 Å². The summed E-state index contributed by atoms with van der Waals surface area (Å²) < 4.78 is 17.9. The number of amides is 1. The van der Waals surface area contributed by atoms with Gasteiger partial charge in [0, 0.05) is 17.5 Å². The Kier molecular flexibility index (Phi) is 7.23. The Morgan fingerprint density at radius 2 is 2.04 bits per heavy atom. The first-order valence-electron chi connectivity index (χ1n) is 9.37. The van der Waals surface area contributed by atoms with Crippen LogP contribution in [0, 0.1) is 0 Å². The van der Waals surface area contributed by atoms with Crippen molar-refractivity contribution in [2.45, 2.75) is 71.0 Å². The van der Waals surface area contributed by atoms with E-state index < -0.39 is 18.2 Å². The predicted molar refractivity (Wildman–Crippen MR) is 102 cm³/mol. The molecule has 1 fully saturated rings. The standard InChI is InChI=1S/C21H31NO4/c1-5-6-14-18(25-19(23)22-20(2,3)4)26-21(15-10-11-16-24-21)17-12-8-7-9-13-17/h6-9,12-14,18H,5,10-11,15-16H2,1-4H3,(H,22,23)/b14-6+. The predicted octanol–water partition coefficient (Wildman–Crippen LogP) is 4.87. The van der Waals surface area contributed by atoms with Crippen LogP contribution in [0.5, 0.6) is 0 Å². The Bertz CT molecular complexity index is 586. The number of carbonyl (C=O) groups is 1. The van der Waals surface area contributed by atoms with Crippen molar-refractivity contribution in [2.24, 2.45) is 0 Å². The summed E-state index contributed by atoms with van der Waals surface area (Å²) in [6, 6.07) is 9.86. The molecule has 26 heavy (non-hydrogen) atoms. The summed E-state index contributed by atoms with van der Waals surface area (Å²) in [5, 5.41) is 2.80. The fourth-order valence-electron chi connectivity index (χ4n) is 2.83.